The summed E-state index contributed by atoms with van der Waals surface area (Å²) >= 11 is 3.51. The van der Waals surface area contributed by atoms with Crippen LogP contribution >= 0.6 is 22.7 Å². The summed E-state index contributed by atoms with van der Waals surface area (Å²) in [7, 11) is 2.00. The second-order valence-electron chi connectivity index (χ2n) is 6.98. The average Bonchev–Trinajstić information content (AvgIpc) is 3.31. The van der Waals surface area contributed by atoms with Crippen LogP contribution < -0.4 is 0 Å². The van der Waals surface area contributed by atoms with Crippen molar-refractivity contribution < 1.29 is 4.79 Å². The Morgan fingerprint density at radius 2 is 1.96 bits per heavy atom. The summed E-state index contributed by atoms with van der Waals surface area (Å²) in [4.78, 5) is 25.2. The van der Waals surface area contributed by atoms with E-state index in [4.69, 9.17) is 0 Å². The predicted molar refractivity (Wildman–Crippen MR) is 112 cm³/mol. The Kier molecular flexibility index (Phi) is 5.83. The van der Waals surface area contributed by atoms with E-state index in [0.717, 1.165) is 43.2 Å². The molecule has 0 bridgehead atoms. The van der Waals surface area contributed by atoms with Crippen LogP contribution in [0.1, 0.15) is 9.88 Å². The van der Waals surface area contributed by atoms with Crippen LogP contribution in [0.15, 0.2) is 41.8 Å². The van der Waals surface area contributed by atoms with Crippen molar-refractivity contribution >= 4 is 38.8 Å². The normalized spacial score (nSPS) is 15.7. The first-order valence-electron chi connectivity index (χ1n) is 9.23. The van der Waals surface area contributed by atoms with Gasteiger partial charge in [-0.05, 0) is 30.6 Å². The molecule has 4 rings (SSSR count). The molecule has 1 aliphatic rings. The highest BCUT2D eigenvalue weighted by atomic mass is 32.1. The summed E-state index contributed by atoms with van der Waals surface area (Å²) in [5, 5.41) is 3.18. The first-order chi connectivity index (χ1) is 13.2. The summed E-state index contributed by atoms with van der Waals surface area (Å²) in [5.41, 5.74) is 1.04. The van der Waals surface area contributed by atoms with Crippen molar-refractivity contribution in [3.8, 4) is 0 Å². The van der Waals surface area contributed by atoms with Gasteiger partial charge in [-0.1, -0.05) is 18.2 Å². The topological polar surface area (TPSA) is 39.7 Å². The Hall–Kier alpha value is -1.80. The van der Waals surface area contributed by atoms with Crippen molar-refractivity contribution in [1.29, 1.82) is 0 Å². The lowest BCUT2D eigenvalue weighted by atomic mass is 10.3. The van der Waals surface area contributed by atoms with Crippen LogP contribution in [0.5, 0.6) is 0 Å². The number of benzene rings is 1. The van der Waals surface area contributed by atoms with E-state index in [1.807, 2.05) is 30.1 Å². The summed E-state index contributed by atoms with van der Waals surface area (Å²) in [5.74, 6) is 0.217. The van der Waals surface area contributed by atoms with Crippen LogP contribution in [0.3, 0.4) is 0 Å². The molecular weight excluding hydrogens is 376 g/mol. The number of nitrogens with zero attached hydrogens (tertiary/aromatic N) is 4. The van der Waals surface area contributed by atoms with Crippen LogP contribution in [0.4, 0.5) is 0 Å². The molecule has 1 amide bonds. The molecule has 0 unspecified atom stereocenters. The maximum absolute atomic E-state index is 12.6. The van der Waals surface area contributed by atoms with Gasteiger partial charge in [0.25, 0.3) is 0 Å². The molecule has 7 heteroatoms. The molecule has 0 N–H and O–H groups in total. The van der Waals surface area contributed by atoms with E-state index < -0.39 is 0 Å². The SMILES string of the molecule is CN(CC(=O)N1CCN(Cc2cccs2)CC1)Cc1nc2ccccc2s1. The minimum atomic E-state index is 0.217. The number of hydrogen-bond acceptors (Lipinski definition) is 6. The van der Waals surface area contributed by atoms with Gasteiger partial charge in [-0.2, -0.15) is 0 Å². The number of carbonyl (C=O) groups excluding carboxylic acids is 1. The number of carbonyl (C=O) groups is 1. The molecule has 3 aromatic rings. The van der Waals surface area contributed by atoms with E-state index >= 15 is 0 Å². The third kappa shape index (κ3) is 4.73. The number of para-hydroxylation sites is 1. The van der Waals surface area contributed by atoms with Crippen LogP contribution in [-0.4, -0.2) is 65.4 Å². The largest absolute Gasteiger partial charge is 0.339 e. The second kappa shape index (κ2) is 8.48. The number of amides is 1. The average molecular weight is 401 g/mol. The Balaban J connectivity index is 1.25. The van der Waals surface area contributed by atoms with Gasteiger partial charge >= 0.3 is 0 Å². The van der Waals surface area contributed by atoms with Gasteiger partial charge in [0.15, 0.2) is 0 Å². The number of piperazine rings is 1. The lowest BCUT2D eigenvalue weighted by Gasteiger charge is -2.35. The highest BCUT2D eigenvalue weighted by Gasteiger charge is 2.22. The fraction of sp³-hybridized carbons (Fsp3) is 0.400. The summed E-state index contributed by atoms with van der Waals surface area (Å²) in [6.07, 6.45) is 0. The number of rotatable bonds is 6. The van der Waals surface area contributed by atoms with Crippen molar-refractivity contribution in [2.24, 2.45) is 0 Å². The Morgan fingerprint density at radius 3 is 2.70 bits per heavy atom. The van der Waals surface area contributed by atoms with Crippen molar-refractivity contribution in [2.75, 3.05) is 39.8 Å². The molecule has 1 fully saturated rings. The molecule has 2 aromatic heterocycles. The lowest BCUT2D eigenvalue weighted by molar-refractivity contribution is -0.134. The fourth-order valence-corrected chi connectivity index (χ4v) is 5.18. The zero-order valence-electron chi connectivity index (χ0n) is 15.5. The number of thiazole rings is 1. The molecule has 3 heterocycles. The molecule has 0 aliphatic carbocycles. The maximum atomic E-state index is 12.6. The molecular formula is C20H24N4OS2. The first-order valence-corrected chi connectivity index (χ1v) is 10.9. The first kappa shape index (κ1) is 18.6. The van der Waals surface area contributed by atoms with Gasteiger partial charge in [0.2, 0.25) is 5.91 Å². The fourth-order valence-electron chi connectivity index (χ4n) is 3.38. The van der Waals surface area contributed by atoms with Gasteiger partial charge in [-0.25, -0.2) is 4.98 Å². The van der Waals surface area contributed by atoms with Gasteiger partial charge in [0, 0.05) is 37.6 Å². The molecule has 0 radical (unpaired) electrons. The minimum Gasteiger partial charge on any atom is -0.339 e. The van der Waals surface area contributed by atoms with Gasteiger partial charge in [-0.15, -0.1) is 22.7 Å². The molecule has 5 nitrogen and oxygen atoms in total. The highest BCUT2D eigenvalue weighted by molar-refractivity contribution is 7.18. The quantitative estimate of drug-likeness (QED) is 0.637. The van der Waals surface area contributed by atoms with E-state index in [0.29, 0.717) is 13.1 Å². The monoisotopic (exact) mass is 400 g/mol. The Labute approximate surface area is 167 Å². The number of aromatic nitrogens is 1. The van der Waals surface area contributed by atoms with Crippen molar-refractivity contribution in [1.82, 2.24) is 19.7 Å². The zero-order chi connectivity index (χ0) is 18.6. The summed E-state index contributed by atoms with van der Waals surface area (Å²) < 4.78 is 1.20. The van der Waals surface area contributed by atoms with Gasteiger partial charge in [0.05, 0.1) is 23.3 Å². The van der Waals surface area contributed by atoms with Crippen molar-refractivity contribution in [2.45, 2.75) is 13.1 Å². The zero-order valence-corrected chi connectivity index (χ0v) is 17.1. The van der Waals surface area contributed by atoms with Gasteiger partial charge in [-0.3, -0.25) is 14.6 Å². The Morgan fingerprint density at radius 1 is 1.15 bits per heavy atom. The van der Waals surface area contributed by atoms with E-state index in [-0.39, 0.29) is 5.91 Å². The molecule has 0 spiro atoms. The molecule has 27 heavy (non-hydrogen) atoms. The number of thiophene rings is 1. The predicted octanol–water partition coefficient (Wildman–Crippen LogP) is 3.13. The Bertz CT molecular complexity index is 851. The number of hydrogen-bond donors (Lipinski definition) is 0. The van der Waals surface area contributed by atoms with E-state index in [9.17, 15) is 4.79 Å². The minimum absolute atomic E-state index is 0.217. The number of likely N-dealkylation sites (N-methyl/N-ethyl adjacent to an activating group) is 1. The number of fused-ring (bicyclic) bond motifs is 1. The van der Waals surface area contributed by atoms with Crippen LogP contribution in [-0.2, 0) is 17.9 Å². The van der Waals surface area contributed by atoms with Crippen LogP contribution in [0.25, 0.3) is 10.2 Å². The summed E-state index contributed by atoms with van der Waals surface area (Å²) in [6, 6.07) is 12.5. The van der Waals surface area contributed by atoms with Crippen molar-refractivity contribution in [3.63, 3.8) is 0 Å². The lowest BCUT2D eigenvalue weighted by Crippen LogP contribution is -2.50. The third-order valence-corrected chi connectivity index (χ3v) is 6.72. The smallest absolute Gasteiger partial charge is 0.236 e. The van der Waals surface area contributed by atoms with Crippen molar-refractivity contribution in [3.05, 3.63) is 51.7 Å². The summed E-state index contributed by atoms with van der Waals surface area (Å²) in [6.45, 7) is 5.69. The van der Waals surface area contributed by atoms with E-state index in [2.05, 4.69) is 38.4 Å². The molecule has 1 aliphatic heterocycles. The van der Waals surface area contributed by atoms with E-state index in [1.54, 1.807) is 22.7 Å². The van der Waals surface area contributed by atoms with Gasteiger partial charge in [0.1, 0.15) is 5.01 Å². The van der Waals surface area contributed by atoms with Gasteiger partial charge < -0.3 is 4.90 Å². The molecule has 1 saturated heterocycles. The molecule has 0 saturated carbocycles. The standard InChI is InChI=1S/C20H24N4OS2/c1-22(14-19-21-17-6-2-3-7-18(17)27-19)15-20(25)24-10-8-23(9-11-24)13-16-5-4-12-26-16/h2-7,12H,8-11,13-15H2,1H3. The van der Waals surface area contributed by atoms with Crippen LogP contribution in [0, 0.1) is 0 Å². The van der Waals surface area contributed by atoms with E-state index in [1.165, 1.54) is 9.58 Å². The molecule has 142 valence electrons. The maximum Gasteiger partial charge on any atom is 0.236 e. The third-order valence-electron chi connectivity index (χ3n) is 4.83. The molecule has 0 atom stereocenters. The van der Waals surface area contributed by atoms with Crippen LogP contribution in [0.2, 0.25) is 0 Å². The highest BCUT2D eigenvalue weighted by Crippen LogP contribution is 2.22. The second-order valence-corrected chi connectivity index (χ2v) is 9.13. The molecule has 1 aromatic carbocycles.